The van der Waals surface area contributed by atoms with E-state index in [0.29, 0.717) is 11.1 Å². The van der Waals surface area contributed by atoms with Crippen LogP contribution in [-0.2, 0) is 0 Å². The molecule has 0 atom stereocenters. The number of hydrogen-bond acceptors (Lipinski definition) is 3. The average Bonchev–Trinajstić information content (AvgIpc) is 2.39. The molecule has 2 aromatic rings. The molecule has 0 saturated carbocycles. The number of carbonyl (C=O) groups excluding carboxylic acids is 1. The minimum atomic E-state index is -0.357. The van der Waals surface area contributed by atoms with Gasteiger partial charge in [0, 0.05) is 11.1 Å². The summed E-state index contributed by atoms with van der Waals surface area (Å²) in [5, 5.41) is 19.8. The fraction of sp³-hybridized carbons (Fsp3) is 0. The molecule has 90 valence electrons. The highest BCUT2D eigenvalue weighted by molar-refractivity contribution is 6.07. The first-order valence-corrected chi connectivity index (χ1v) is 5.42. The molecule has 0 radical (unpaired) electrons. The number of hydrogen-bond donors (Lipinski definition) is 2. The molecule has 18 heavy (non-hydrogen) atoms. The molecule has 0 unspecified atom stereocenters. The molecule has 2 aromatic carbocycles. The van der Waals surface area contributed by atoms with Crippen LogP contribution < -0.4 is 0 Å². The molecule has 0 bridgehead atoms. The topological polar surface area (TPSA) is 57.5 Å². The van der Waals surface area contributed by atoms with Gasteiger partial charge in [-0.05, 0) is 18.2 Å². The first kappa shape index (κ1) is 11.9. The summed E-state index contributed by atoms with van der Waals surface area (Å²) in [6.07, 6.45) is 1.14. The lowest BCUT2D eigenvalue weighted by atomic mass is 9.99. The smallest absolute Gasteiger partial charge is 0.188 e. The minimum absolute atomic E-state index is 0.0519. The third-order valence-electron chi connectivity index (χ3n) is 2.68. The molecule has 0 aliphatic heterocycles. The lowest BCUT2D eigenvalue weighted by Crippen LogP contribution is -1.95. The van der Waals surface area contributed by atoms with Crippen LogP contribution in [0.15, 0.2) is 55.1 Å². The molecule has 3 nitrogen and oxygen atoms in total. The number of ketones is 1. The molecule has 0 heterocycles. The zero-order chi connectivity index (χ0) is 13.1. The lowest BCUT2D eigenvalue weighted by molar-refractivity contribution is 0.104. The molecule has 0 spiro atoms. The summed E-state index contributed by atoms with van der Waals surface area (Å²) in [6.45, 7) is 3.39. The van der Waals surface area contributed by atoms with E-state index < -0.39 is 0 Å². The first-order valence-electron chi connectivity index (χ1n) is 5.42. The average molecular weight is 240 g/mol. The van der Waals surface area contributed by atoms with E-state index in [1.165, 1.54) is 12.1 Å². The number of phenols is 2. The van der Waals surface area contributed by atoms with E-state index in [4.69, 9.17) is 0 Å². The molecule has 0 saturated heterocycles. The van der Waals surface area contributed by atoms with Gasteiger partial charge < -0.3 is 10.2 Å². The number of allylic oxidation sites excluding steroid dienone is 1. The Morgan fingerprint density at radius 3 is 2.33 bits per heavy atom. The fourth-order valence-electron chi connectivity index (χ4n) is 1.77. The second-order valence-electron chi connectivity index (χ2n) is 3.79. The first-order chi connectivity index (χ1) is 8.65. The highest BCUT2D eigenvalue weighted by atomic mass is 16.3. The van der Waals surface area contributed by atoms with Crippen molar-refractivity contribution in [3.8, 4) is 22.6 Å². The Kier molecular flexibility index (Phi) is 3.15. The Morgan fingerprint density at radius 1 is 1.00 bits per heavy atom. The van der Waals surface area contributed by atoms with E-state index in [0.717, 1.165) is 6.08 Å². The lowest BCUT2D eigenvalue weighted by Gasteiger charge is -2.09. The molecule has 0 aliphatic rings. The summed E-state index contributed by atoms with van der Waals surface area (Å²) in [6, 6.07) is 11.4. The summed E-state index contributed by atoms with van der Waals surface area (Å²) in [4.78, 5) is 11.6. The predicted octanol–water partition coefficient (Wildman–Crippen LogP) is 3.13. The Balaban J connectivity index is 2.64. The van der Waals surface area contributed by atoms with Crippen molar-refractivity contribution in [2.75, 3.05) is 0 Å². The molecule has 2 rings (SSSR count). The van der Waals surface area contributed by atoms with Gasteiger partial charge in [-0.3, -0.25) is 4.79 Å². The monoisotopic (exact) mass is 240 g/mol. The van der Waals surface area contributed by atoms with Gasteiger partial charge in [-0.1, -0.05) is 36.9 Å². The number of aromatic hydroxyl groups is 2. The Morgan fingerprint density at radius 2 is 1.67 bits per heavy atom. The van der Waals surface area contributed by atoms with E-state index in [1.807, 2.05) is 0 Å². The van der Waals surface area contributed by atoms with Crippen LogP contribution in [0.2, 0.25) is 0 Å². The minimum Gasteiger partial charge on any atom is -0.507 e. The van der Waals surface area contributed by atoms with Crippen molar-refractivity contribution in [3.63, 3.8) is 0 Å². The van der Waals surface area contributed by atoms with E-state index >= 15 is 0 Å². The quantitative estimate of drug-likeness (QED) is 0.640. The van der Waals surface area contributed by atoms with Gasteiger partial charge in [0.05, 0.1) is 5.56 Å². The number of benzene rings is 2. The molecular formula is C15H12O3. The van der Waals surface area contributed by atoms with Crippen LogP contribution in [0.5, 0.6) is 11.5 Å². The Hall–Kier alpha value is -2.55. The van der Waals surface area contributed by atoms with E-state index in [9.17, 15) is 15.0 Å². The second-order valence-corrected chi connectivity index (χ2v) is 3.79. The van der Waals surface area contributed by atoms with Crippen LogP contribution in [0.25, 0.3) is 11.1 Å². The van der Waals surface area contributed by atoms with Crippen LogP contribution in [0, 0.1) is 0 Å². The summed E-state index contributed by atoms with van der Waals surface area (Å²) in [5.74, 6) is -0.454. The van der Waals surface area contributed by atoms with Gasteiger partial charge >= 0.3 is 0 Å². The third kappa shape index (κ3) is 1.98. The Labute approximate surface area is 105 Å². The standard InChI is InChI=1S/C15H12O3/c1-2-13(16)12-8-5-7-11(15(12)18)10-6-3-4-9-14(10)17/h2-9,17-18H,1H2. The normalized spacial score (nSPS) is 10.0. The number of carbonyl (C=O) groups is 1. The van der Waals surface area contributed by atoms with Gasteiger partial charge in [-0.15, -0.1) is 0 Å². The molecule has 0 aliphatic carbocycles. The molecule has 0 fully saturated rings. The number of para-hydroxylation sites is 2. The van der Waals surface area contributed by atoms with Gasteiger partial charge in [0.2, 0.25) is 0 Å². The van der Waals surface area contributed by atoms with Gasteiger partial charge in [-0.25, -0.2) is 0 Å². The zero-order valence-electron chi connectivity index (χ0n) is 9.63. The number of phenolic OH excluding ortho intramolecular Hbond substituents is 2. The summed E-state index contributed by atoms with van der Waals surface area (Å²) in [5.41, 5.74) is 1.07. The van der Waals surface area contributed by atoms with Crippen molar-refractivity contribution in [1.29, 1.82) is 0 Å². The van der Waals surface area contributed by atoms with Gasteiger partial charge in [-0.2, -0.15) is 0 Å². The summed E-state index contributed by atoms with van der Waals surface area (Å²) in [7, 11) is 0. The SMILES string of the molecule is C=CC(=O)c1cccc(-c2ccccc2O)c1O. The van der Waals surface area contributed by atoms with Gasteiger partial charge in [0.25, 0.3) is 0 Å². The van der Waals surface area contributed by atoms with E-state index in [1.54, 1.807) is 30.3 Å². The van der Waals surface area contributed by atoms with E-state index in [2.05, 4.69) is 6.58 Å². The largest absolute Gasteiger partial charge is 0.507 e. The predicted molar refractivity (Wildman–Crippen MR) is 69.7 cm³/mol. The Bertz CT molecular complexity index is 615. The van der Waals surface area contributed by atoms with Crippen molar-refractivity contribution in [3.05, 3.63) is 60.7 Å². The van der Waals surface area contributed by atoms with Crippen LogP contribution >= 0.6 is 0 Å². The highest BCUT2D eigenvalue weighted by Gasteiger charge is 2.14. The number of rotatable bonds is 3. The maximum atomic E-state index is 11.6. The molecule has 0 amide bonds. The van der Waals surface area contributed by atoms with Gasteiger partial charge in [0.1, 0.15) is 11.5 Å². The van der Waals surface area contributed by atoms with Gasteiger partial charge in [0.15, 0.2) is 5.78 Å². The maximum absolute atomic E-state index is 11.6. The third-order valence-corrected chi connectivity index (χ3v) is 2.68. The molecule has 3 heteroatoms. The molecule has 0 aromatic heterocycles. The van der Waals surface area contributed by atoms with Crippen molar-refractivity contribution in [2.45, 2.75) is 0 Å². The second kappa shape index (κ2) is 4.75. The summed E-state index contributed by atoms with van der Waals surface area (Å²) >= 11 is 0. The molecular weight excluding hydrogens is 228 g/mol. The summed E-state index contributed by atoms with van der Waals surface area (Å²) < 4.78 is 0. The van der Waals surface area contributed by atoms with Crippen LogP contribution in [0.1, 0.15) is 10.4 Å². The van der Waals surface area contributed by atoms with Crippen molar-refractivity contribution >= 4 is 5.78 Å². The fourth-order valence-corrected chi connectivity index (χ4v) is 1.77. The van der Waals surface area contributed by atoms with Crippen LogP contribution in [0.4, 0.5) is 0 Å². The maximum Gasteiger partial charge on any atom is 0.188 e. The molecule has 2 N–H and O–H groups in total. The van der Waals surface area contributed by atoms with Crippen molar-refractivity contribution in [1.82, 2.24) is 0 Å². The van der Waals surface area contributed by atoms with Crippen molar-refractivity contribution < 1.29 is 15.0 Å². The van der Waals surface area contributed by atoms with Crippen molar-refractivity contribution in [2.24, 2.45) is 0 Å². The van der Waals surface area contributed by atoms with Crippen LogP contribution in [0.3, 0.4) is 0 Å². The van der Waals surface area contributed by atoms with E-state index in [-0.39, 0.29) is 22.8 Å². The van der Waals surface area contributed by atoms with Crippen LogP contribution in [-0.4, -0.2) is 16.0 Å². The zero-order valence-corrected chi connectivity index (χ0v) is 9.63. The highest BCUT2D eigenvalue weighted by Crippen LogP contribution is 2.37.